The second kappa shape index (κ2) is 5.67. The summed E-state index contributed by atoms with van der Waals surface area (Å²) in [6.45, 7) is 1.44. The number of anilines is 1. The quantitative estimate of drug-likeness (QED) is 0.804. The van der Waals surface area contributed by atoms with E-state index in [-0.39, 0.29) is 30.0 Å². The second-order valence-electron chi connectivity index (χ2n) is 5.38. The van der Waals surface area contributed by atoms with E-state index in [0.717, 1.165) is 12.8 Å². The van der Waals surface area contributed by atoms with Crippen LogP contribution in [-0.4, -0.2) is 36.5 Å². The highest BCUT2D eigenvalue weighted by atomic mass is 16.5. The first-order valence-electron chi connectivity index (χ1n) is 7.11. The summed E-state index contributed by atoms with van der Waals surface area (Å²) in [5.74, 6) is -0.739. The van der Waals surface area contributed by atoms with Gasteiger partial charge in [0.2, 0.25) is 0 Å². The molecule has 7 nitrogen and oxygen atoms in total. The van der Waals surface area contributed by atoms with E-state index in [2.05, 4.69) is 10.6 Å². The lowest BCUT2D eigenvalue weighted by Crippen LogP contribution is -2.37. The molecule has 0 unspecified atom stereocenters. The van der Waals surface area contributed by atoms with E-state index < -0.39 is 12.1 Å². The third-order valence-corrected chi connectivity index (χ3v) is 3.43. The van der Waals surface area contributed by atoms with Gasteiger partial charge >= 0.3 is 5.97 Å². The molecule has 0 radical (unpaired) electrons. The molecule has 0 saturated heterocycles. The van der Waals surface area contributed by atoms with Crippen LogP contribution < -0.4 is 15.4 Å². The van der Waals surface area contributed by atoms with Gasteiger partial charge in [0.25, 0.3) is 11.8 Å². The zero-order valence-electron chi connectivity index (χ0n) is 12.0. The van der Waals surface area contributed by atoms with E-state index in [9.17, 15) is 14.4 Å². The van der Waals surface area contributed by atoms with Gasteiger partial charge in [-0.25, -0.2) is 4.79 Å². The number of esters is 1. The highest BCUT2D eigenvalue weighted by Gasteiger charge is 2.27. The van der Waals surface area contributed by atoms with E-state index in [0.29, 0.717) is 11.4 Å². The fraction of sp³-hybridized carbons (Fsp3) is 0.400. The summed E-state index contributed by atoms with van der Waals surface area (Å²) < 4.78 is 10.4. The smallest absolute Gasteiger partial charge is 0.339 e. The summed E-state index contributed by atoms with van der Waals surface area (Å²) >= 11 is 0. The number of benzene rings is 1. The highest BCUT2D eigenvalue weighted by Crippen LogP contribution is 2.28. The van der Waals surface area contributed by atoms with Crippen molar-refractivity contribution in [3.05, 3.63) is 23.8 Å². The first-order chi connectivity index (χ1) is 10.5. The van der Waals surface area contributed by atoms with Crippen molar-refractivity contribution in [2.24, 2.45) is 0 Å². The van der Waals surface area contributed by atoms with E-state index in [1.165, 1.54) is 19.1 Å². The Kier molecular flexibility index (Phi) is 3.70. The number of fused-ring (bicyclic) bond motifs is 1. The number of nitrogens with one attached hydrogen (secondary N) is 2. The second-order valence-corrected chi connectivity index (χ2v) is 5.38. The fourth-order valence-corrected chi connectivity index (χ4v) is 2.03. The molecule has 7 heteroatoms. The third-order valence-electron chi connectivity index (χ3n) is 3.43. The van der Waals surface area contributed by atoms with Gasteiger partial charge in [0.1, 0.15) is 5.75 Å². The van der Waals surface area contributed by atoms with E-state index in [1.807, 2.05) is 0 Å². The van der Waals surface area contributed by atoms with Crippen LogP contribution in [-0.2, 0) is 14.3 Å². The zero-order chi connectivity index (χ0) is 15.7. The molecule has 0 bridgehead atoms. The van der Waals surface area contributed by atoms with E-state index in [4.69, 9.17) is 9.47 Å². The van der Waals surface area contributed by atoms with Crippen LogP contribution in [0.2, 0.25) is 0 Å². The molecular weight excluding hydrogens is 288 g/mol. The highest BCUT2D eigenvalue weighted by molar-refractivity contribution is 5.98. The van der Waals surface area contributed by atoms with Crippen molar-refractivity contribution in [2.45, 2.75) is 31.9 Å². The molecule has 1 aliphatic carbocycles. The van der Waals surface area contributed by atoms with Crippen LogP contribution in [0.3, 0.4) is 0 Å². The molecule has 2 amide bonds. The molecule has 1 fully saturated rings. The van der Waals surface area contributed by atoms with Crippen LogP contribution in [0.25, 0.3) is 0 Å². The number of ether oxygens (including phenoxy) is 2. The molecule has 0 aromatic heterocycles. The fourth-order valence-electron chi connectivity index (χ4n) is 2.03. The van der Waals surface area contributed by atoms with Crippen molar-refractivity contribution in [3.8, 4) is 5.75 Å². The van der Waals surface area contributed by atoms with Gasteiger partial charge in [-0.15, -0.1) is 0 Å². The molecule has 1 aromatic carbocycles. The largest absolute Gasteiger partial charge is 0.482 e. The number of carbonyl (C=O) groups excluding carboxylic acids is 3. The maximum atomic E-state index is 12.1. The molecule has 1 aromatic rings. The number of hydrogen-bond acceptors (Lipinski definition) is 5. The van der Waals surface area contributed by atoms with Gasteiger partial charge in [-0.2, -0.15) is 0 Å². The van der Waals surface area contributed by atoms with Crippen molar-refractivity contribution >= 4 is 23.5 Å². The van der Waals surface area contributed by atoms with E-state index >= 15 is 0 Å². The van der Waals surface area contributed by atoms with Gasteiger partial charge in [-0.05, 0) is 38.0 Å². The lowest BCUT2D eigenvalue weighted by Gasteiger charge is -2.18. The Morgan fingerprint density at radius 3 is 2.91 bits per heavy atom. The predicted octanol–water partition coefficient (Wildman–Crippen LogP) is 0.841. The maximum absolute atomic E-state index is 12.1. The standard InChI is InChI=1S/C15H16N2O5/c1-8(14(19)16-10-3-4-10)22-15(20)9-2-5-11-12(6-9)21-7-13(18)17-11/h2,5-6,8,10H,3-4,7H2,1H3,(H,16,19)(H,17,18)/t8-/m1/s1. The van der Waals surface area contributed by atoms with Crippen molar-refractivity contribution in [1.29, 1.82) is 0 Å². The van der Waals surface area contributed by atoms with Gasteiger partial charge in [0.05, 0.1) is 11.3 Å². The van der Waals surface area contributed by atoms with E-state index in [1.54, 1.807) is 6.07 Å². The molecule has 116 valence electrons. The maximum Gasteiger partial charge on any atom is 0.339 e. The minimum Gasteiger partial charge on any atom is -0.482 e. The monoisotopic (exact) mass is 304 g/mol. The Morgan fingerprint density at radius 2 is 2.18 bits per heavy atom. The first kappa shape index (κ1) is 14.4. The minimum absolute atomic E-state index is 0.0916. The minimum atomic E-state index is -0.857. The van der Waals surface area contributed by atoms with Crippen molar-refractivity contribution in [1.82, 2.24) is 5.32 Å². The Morgan fingerprint density at radius 1 is 1.41 bits per heavy atom. The molecular formula is C15H16N2O5. The van der Waals surface area contributed by atoms with Crippen LogP contribution in [0, 0.1) is 0 Å². The molecule has 1 heterocycles. The number of rotatable bonds is 4. The third kappa shape index (κ3) is 3.19. The topological polar surface area (TPSA) is 93.7 Å². The number of amides is 2. The lowest BCUT2D eigenvalue weighted by atomic mass is 10.1. The molecule has 3 rings (SSSR count). The average molecular weight is 304 g/mol. The lowest BCUT2D eigenvalue weighted by molar-refractivity contribution is -0.129. The van der Waals surface area contributed by atoms with Crippen LogP contribution >= 0.6 is 0 Å². The Hall–Kier alpha value is -2.57. The van der Waals surface area contributed by atoms with Gasteiger partial charge in [-0.3, -0.25) is 9.59 Å². The summed E-state index contributed by atoms with van der Waals surface area (Å²) in [5.41, 5.74) is 0.772. The zero-order valence-corrected chi connectivity index (χ0v) is 12.0. The predicted molar refractivity (Wildman–Crippen MR) is 76.6 cm³/mol. The SMILES string of the molecule is C[C@@H](OC(=O)c1ccc2c(c1)OCC(=O)N2)C(=O)NC1CC1. The molecule has 1 aliphatic heterocycles. The molecule has 2 aliphatic rings. The Labute approximate surface area is 127 Å². The van der Waals surface area contributed by atoms with Gasteiger partial charge < -0.3 is 20.1 Å². The Balaban J connectivity index is 1.64. The first-order valence-corrected chi connectivity index (χ1v) is 7.11. The average Bonchev–Trinajstić information content (AvgIpc) is 3.30. The molecule has 1 saturated carbocycles. The van der Waals surface area contributed by atoms with Crippen LogP contribution in [0.15, 0.2) is 18.2 Å². The summed E-state index contributed by atoms with van der Waals surface area (Å²) in [6.07, 6.45) is 1.09. The number of hydrogen-bond donors (Lipinski definition) is 2. The van der Waals surface area contributed by atoms with Crippen molar-refractivity contribution < 1.29 is 23.9 Å². The summed E-state index contributed by atoms with van der Waals surface area (Å²) in [7, 11) is 0. The van der Waals surface area contributed by atoms with Crippen LogP contribution in [0.1, 0.15) is 30.1 Å². The summed E-state index contributed by atoms with van der Waals surface area (Å²) in [4.78, 5) is 35.0. The van der Waals surface area contributed by atoms with Gasteiger partial charge in [0.15, 0.2) is 12.7 Å². The van der Waals surface area contributed by atoms with Gasteiger partial charge in [-0.1, -0.05) is 0 Å². The molecule has 1 atom stereocenters. The molecule has 2 N–H and O–H groups in total. The van der Waals surface area contributed by atoms with Crippen LogP contribution in [0.4, 0.5) is 5.69 Å². The number of carbonyl (C=O) groups is 3. The summed E-state index contributed by atoms with van der Waals surface area (Å²) in [5, 5.41) is 5.41. The van der Waals surface area contributed by atoms with Crippen molar-refractivity contribution in [2.75, 3.05) is 11.9 Å². The Bertz CT molecular complexity index is 639. The van der Waals surface area contributed by atoms with Gasteiger partial charge in [0, 0.05) is 6.04 Å². The van der Waals surface area contributed by atoms with Crippen molar-refractivity contribution in [3.63, 3.8) is 0 Å². The summed E-state index contributed by atoms with van der Waals surface area (Å²) in [6, 6.07) is 4.79. The van der Waals surface area contributed by atoms with Crippen LogP contribution in [0.5, 0.6) is 5.75 Å². The molecule has 22 heavy (non-hydrogen) atoms. The molecule has 0 spiro atoms. The normalized spacial score (nSPS) is 17.6.